The number of hydrogen-bond donors (Lipinski definition) is 2. The number of benzene rings is 1. The predicted molar refractivity (Wildman–Crippen MR) is 76.0 cm³/mol. The van der Waals surface area contributed by atoms with Gasteiger partial charge in [-0.25, -0.2) is 0 Å². The number of halogens is 1. The molecule has 2 N–H and O–H groups in total. The largest absolute Gasteiger partial charge is 0.273 e. The van der Waals surface area contributed by atoms with Gasteiger partial charge in [-0.3, -0.25) is 20.4 Å². The molecule has 0 spiro atoms. The number of rotatable bonds is 2. The van der Waals surface area contributed by atoms with Crippen LogP contribution in [-0.2, 0) is 4.79 Å². The van der Waals surface area contributed by atoms with Gasteiger partial charge >= 0.3 is 0 Å². The minimum Gasteiger partial charge on any atom is -0.273 e. The molecule has 2 aliphatic carbocycles. The number of nitrogens with one attached hydrogen (secondary N) is 2. The van der Waals surface area contributed by atoms with Gasteiger partial charge in [-0.15, -0.1) is 0 Å². The molecule has 2 fully saturated rings. The summed E-state index contributed by atoms with van der Waals surface area (Å²) in [6.45, 7) is 0. The average molecular weight is 293 g/mol. The van der Waals surface area contributed by atoms with Gasteiger partial charge in [0.15, 0.2) is 0 Å². The molecule has 0 heterocycles. The molecule has 0 saturated heterocycles. The molecular weight excluding hydrogens is 276 g/mol. The molecular formula is C15H17ClN2O2. The van der Waals surface area contributed by atoms with Crippen molar-refractivity contribution in [3.05, 3.63) is 34.9 Å². The first-order valence-electron chi connectivity index (χ1n) is 6.99. The van der Waals surface area contributed by atoms with Crippen LogP contribution in [0.4, 0.5) is 0 Å². The summed E-state index contributed by atoms with van der Waals surface area (Å²) in [5, 5.41) is 0.576. The molecule has 4 nitrogen and oxygen atoms in total. The highest BCUT2D eigenvalue weighted by Gasteiger charge is 2.43. The topological polar surface area (TPSA) is 58.2 Å². The van der Waals surface area contributed by atoms with Crippen LogP contribution < -0.4 is 10.9 Å². The minimum atomic E-state index is -0.321. The van der Waals surface area contributed by atoms with Crippen LogP contribution in [0.2, 0.25) is 5.02 Å². The predicted octanol–water partition coefficient (Wildman–Crippen LogP) is 2.54. The Bertz CT molecular complexity index is 529. The average Bonchev–Trinajstić information content (AvgIpc) is 3.08. The molecule has 1 aromatic rings. The van der Waals surface area contributed by atoms with Crippen LogP contribution in [0.25, 0.3) is 0 Å². The number of hydrazine groups is 1. The maximum atomic E-state index is 12.1. The summed E-state index contributed by atoms with van der Waals surface area (Å²) in [4.78, 5) is 23.9. The first-order valence-corrected chi connectivity index (χ1v) is 7.37. The Balaban J connectivity index is 1.53. The normalized spacial score (nSPS) is 27.4. The summed E-state index contributed by atoms with van der Waals surface area (Å²) in [5.74, 6) is 0.909. The van der Waals surface area contributed by atoms with Crippen LogP contribution in [0, 0.1) is 17.8 Å². The van der Waals surface area contributed by atoms with E-state index < -0.39 is 0 Å². The lowest BCUT2D eigenvalue weighted by Crippen LogP contribution is -2.45. The maximum absolute atomic E-state index is 12.1. The third-order valence-electron chi connectivity index (χ3n) is 4.48. The monoisotopic (exact) mass is 292 g/mol. The summed E-state index contributed by atoms with van der Waals surface area (Å²) in [7, 11) is 0. The second-order valence-electron chi connectivity index (χ2n) is 5.73. The maximum Gasteiger partial charge on any atom is 0.269 e. The summed E-state index contributed by atoms with van der Waals surface area (Å²) in [5.41, 5.74) is 5.50. The van der Waals surface area contributed by atoms with Crippen molar-refractivity contribution < 1.29 is 9.59 Å². The zero-order chi connectivity index (χ0) is 14.1. The van der Waals surface area contributed by atoms with Crippen molar-refractivity contribution in [2.24, 2.45) is 17.8 Å². The zero-order valence-electron chi connectivity index (χ0n) is 11.1. The van der Waals surface area contributed by atoms with Gasteiger partial charge in [-0.2, -0.15) is 0 Å². The van der Waals surface area contributed by atoms with Gasteiger partial charge in [0, 0.05) is 16.5 Å². The van der Waals surface area contributed by atoms with Gasteiger partial charge in [-0.05, 0) is 55.4 Å². The molecule has 20 heavy (non-hydrogen) atoms. The molecule has 3 rings (SSSR count). The third-order valence-corrected chi connectivity index (χ3v) is 4.73. The van der Waals surface area contributed by atoms with E-state index in [-0.39, 0.29) is 17.7 Å². The quantitative estimate of drug-likeness (QED) is 0.823. The number of carbonyl (C=O) groups excluding carboxylic acids is 2. The summed E-state index contributed by atoms with van der Waals surface area (Å²) in [6, 6.07) is 6.55. The van der Waals surface area contributed by atoms with Gasteiger partial charge in [0.25, 0.3) is 5.91 Å². The number of fused-ring (bicyclic) bond motifs is 2. The van der Waals surface area contributed by atoms with E-state index in [1.165, 1.54) is 12.8 Å². The van der Waals surface area contributed by atoms with Gasteiger partial charge in [0.1, 0.15) is 0 Å². The lowest BCUT2D eigenvalue weighted by atomic mass is 9.88. The molecule has 0 aliphatic heterocycles. The van der Waals surface area contributed by atoms with E-state index in [0.717, 1.165) is 12.8 Å². The SMILES string of the molecule is O=C(NNC(=O)C1CC2CCC1C2)c1ccc(Cl)cc1. The molecule has 0 radical (unpaired) electrons. The first kappa shape index (κ1) is 13.4. The Morgan fingerprint density at radius 3 is 2.40 bits per heavy atom. The standard InChI is InChI=1S/C15H17ClN2O2/c16-12-5-3-10(4-6-12)14(19)17-18-15(20)13-8-9-1-2-11(13)7-9/h3-6,9,11,13H,1-2,7-8H2,(H,17,19)(H,18,20). The van der Waals surface area contributed by atoms with Crippen molar-refractivity contribution in [2.75, 3.05) is 0 Å². The van der Waals surface area contributed by atoms with Crippen LogP contribution in [-0.4, -0.2) is 11.8 Å². The van der Waals surface area contributed by atoms with Crippen LogP contribution >= 0.6 is 11.6 Å². The van der Waals surface area contributed by atoms with Crippen molar-refractivity contribution in [3.63, 3.8) is 0 Å². The van der Waals surface area contributed by atoms with Gasteiger partial charge in [0.2, 0.25) is 5.91 Å². The summed E-state index contributed by atoms with van der Waals surface area (Å²) >= 11 is 5.76. The van der Waals surface area contributed by atoms with Crippen molar-refractivity contribution >= 4 is 23.4 Å². The van der Waals surface area contributed by atoms with E-state index in [4.69, 9.17) is 11.6 Å². The fourth-order valence-electron chi connectivity index (χ4n) is 3.45. The Labute approximate surface area is 122 Å². The van der Waals surface area contributed by atoms with Crippen LogP contribution in [0.1, 0.15) is 36.0 Å². The number of hydrogen-bond acceptors (Lipinski definition) is 2. The molecule has 3 unspecified atom stereocenters. The van der Waals surface area contributed by atoms with Crippen molar-refractivity contribution in [3.8, 4) is 0 Å². The highest BCUT2D eigenvalue weighted by Crippen LogP contribution is 2.48. The first-order chi connectivity index (χ1) is 9.63. The molecule has 3 atom stereocenters. The molecule has 2 saturated carbocycles. The van der Waals surface area contributed by atoms with Crippen molar-refractivity contribution in [1.29, 1.82) is 0 Å². The molecule has 2 aliphatic rings. The van der Waals surface area contributed by atoms with Crippen molar-refractivity contribution in [1.82, 2.24) is 10.9 Å². The molecule has 2 bridgehead atoms. The zero-order valence-corrected chi connectivity index (χ0v) is 11.8. The van der Waals surface area contributed by atoms with Gasteiger partial charge in [-0.1, -0.05) is 18.0 Å². The lowest BCUT2D eigenvalue weighted by Gasteiger charge is -2.20. The lowest BCUT2D eigenvalue weighted by molar-refractivity contribution is -0.127. The van der Waals surface area contributed by atoms with E-state index >= 15 is 0 Å². The van der Waals surface area contributed by atoms with E-state index in [1.54, 1.807) is 24.3 Å². The second kappa shape index (κ2) is 5.44. The van der Waals surface area contributed by atoms with Crippen LogP contribution in [0.15, 0.2) is 24.3 Å². The molecule has 0 aromatic heterocycles. The number of carbonyl (C=O) groups is 2. The Morgan fingerprint density at radius 1 is 1.05 bits per heavy atom. The highest BCUT2D eigenvalue weighted by atomic mass is 35.5. The highest BCUT2D eigenvalue weighted by molar-refractivity contribution is 6.30. The Morgan fingerprint density at radius 2 is 1.80 bits per heavy atom. The van der Waals surface area contributed by atoms with E-state index in [0.29, 0.717) is 22.4 Å². The summed E-state index contributed by atoms with van der Waals surface area (Å²) < 4.78 is 0. The van der Waals surface area contributed by atoms with Gasteiger partial charge < -0.3 is 0 Å². The molecule has 106 valence electrons. The van der Waals surface area contributed by atoms with E-state index in [1.807, 2.05) is 0 Å². The molecule has 1 aromatic carbocycles. The molecule has 5 heteroatoms. The number of amides is 2. The van der Waals surface area contributed by atoms with Crippen LogP contribution in [0.3, 0.4) is 0 Å². The smallest absolute Gasteiger partial charge is 0.269 e. The fraction of sp³-hybridized carbons (Fsp3) is 0.467. The van der Waals surface area contributed by atoms with Crippen molar-refractivity contribution in [2.45, 2.75) is 25.7 Å². The third kappa shape index (κ3) is 2.66. The molecule has 2 amide bonds. The minimum absolute atomic E-state index is 0.0560. The Kier molecular flexibility index (Phi) is 3.66. The Hall–Kier alpha value is -1.55. The second-order valence-corrected chi connectivity index (χ2v) is 6.17. The summed E-state index contributed by atoms with van der Waals surface area (Å²) in [6.07, 6.45) is 4.54. The van der Waals surface area contributed by atoms with Gasteiger partial charge in [0.05, 0.1) is 0 Å². The van der Waals surface area contributed by atoms with E-state index in [9.17, 15) is 9.59 Å². The van der Waals surface area contributed by atoms with E-state index in [2.05, 4.69) is 10.9 Å². The van der Waals surface area contributed by atoms with Crippen LogP contribution in [0.5, 0.6) is 0 Å². The fourth-order valence-corrected chi connectivity index (χ4v) is 3.58.